The van der Waals surface area contributed by atoms with Gasteiger partial charge in [-0.05, 0) is 13.0 Å². The average Bonchev–Trinajstić information content (AvgIpc) is 2.83. The number of hydrogen-bond donors (Lipinski definition) is 1. The first-order valence-corrected chi connectivity index (χ1v) is 6.43. The number of cyclic esters (lactones) is 1. The number of benzene rings is 1. The van der Waals surface area contributed by atoms with Crippen LogP contribution in [-0.4, -0.2) is 35.0 Å². The third kappa shape index (κ3) is 2.00. The van der Waals surface area contributed by atoms with Crippen LogP contribution in [0.1, 0.15) is 16.1 Å². The van der Waals surface area contributed by atoms with Crippen molar-refractivity contribution >= 4 is 12.1 Å². The summed E-state index contributed by atoms with van der Waals surface area (Å²) in [7, 11) is 0. The second-order valence-corrected chi connectivity index (χ2v) is 4.84. The minimum atomic E-state index is -1.31. The molecule has 2 heterocycles. The Labute approximate surface area is 123 Å². The number of carbonyl (C=O) groups is 2. The van der Waals surface area contributed by atoms with Gasteiger partial charge in [0.15, 0.2) is 5.43 Å². The molecule has 1 saturated heterocycles. The fourth-order valence-corrected chi connectivity index (χ4v) is 2.56. The van der Waals surface area contributed by atoms with E-state index < -0.39 is 23.3 Å². The number of carboxylic acids is 1. The maximum atomic E-state index is 14.0. The zero-order valence-corrected chi connectivity index (χ0v) is 11.5. The summed E-state index contributed by atoms with van der Waals surface area (Å²) in [5.74, 6) is -2.15. The summed E-state index contributed by atoms with van der Waals surface area (Å²) in [4.78, 5) is 34.7. The van der Waals surface area contributed by atoms with Gasteiger partial charge < -0.3 is 9.84 Å². The summed E-state index contributed by atoms with van der Waals surface area (Å²) in [5, 5.41) is 10.6. The van der Waals surface area contributed by atoms with Crippen LogP contribution < -0.4 is 10.4 Å². The molecule has 22 heavy (non-hydrogen) atoms. The second kappa shape index (κ2) is 4.83. The SMILES string of the molecule is Cc1c(C(=O)O)c2cc(=O)cc(F)c-2cn1N1CCOC1=O. The maximum absolute atomic E-state index is 14.0. The number of nitrogens with zero attached hydrogens (tertiary/aromatic N) is 2. The van der Waals surface area contributed by atoms with E-state index in [1.165, 1.54) is 22.8 Å². The number of aromatic nitrogens is 1. The number of fused-ring (bicyclic) bond motifs is 1. The highest BCUT2D eigenvalue weighted by molar-refractivity contribution is 5.98. The molecule has 7 nitrogen and oxygen atoms in total. The topological polar surface area (TPSA) is 88.8 Å². The highest BCUT2D eigenvalue weighted by atomic mass is 19.1. The molecule has 114 valence electrons. The normalized spacial score (nSPS) is 14.5. The molecule has 1 fully saturated rings. The Hall–Kier alpha value is -2.90. The first-order chi connectivity index (χ1) is 10.4. The predicted molar refractivity (Wildman–Crippen MR) is 73.4 cm³/mol. The van der Waals surface area contributed by atoms with Gasteiger partial charge in [0.2, 0.25) is 0 Å². The molecular formula is C14H11FN2O5. The van der Waals surface area contributed by atoms with Crippen LogP contribution in [0.15, 0.2) is 23.1 Å². The fraction of sp³-hybridized carbons (Fsp3) is 0.214. The van der Waals surface area contributed by atoms with Crippen LogP contribution in [0.5, 0.6) is 0 Å². The lowest BCUT2D eigenvalue weighted by atomic mass is 9.97. The highest BCUT2D eigenvalue weighted by Gasteiger charge is 2.29. The second-order valence-electron chi connectivity index (χ2n) is 4.84. The van der Waals surface area contributed by atoms with Gasteiger partial charge >= 0.3 is 12.1 Å². The van der Waals surface area contributed by atoms with Crippen molar-refractivity contribution in [1.29, 1.82) is 0 Å². The Kier molecular flexibility index (Phi) is 3.09. The van der Waals surface area contributed by atoms with E-state index in [4.69, 9.17) is 4.74 Å². The Morgan fingerprint density at radius 2 is 2.05 bits per heavy atom. The molecule has 0 bridgehead atoms. The van der Waals surface area contributed by atoms with Crippen molar-refractivity contribution in [3.8, 4) is 11.1 Å². The summed E-state index contributed by atoms with van der Waals surface area (Å²) >= 11 is 0. The quantitative estimate of drug-likeness (QED) is 0.900. The molecule has 0 unspecified atom stereocenters. The van der Waals surface area contributed by atoms with Gasteiger partial charge in [0, 0.05) is 23.4 Å². The molecule has 0 aromatic carbocycles. The Morgan fingerprint density at radius 3 is 2.64 bits per heavy atom. The van der Waals surface area contributed by atoms with Crippen LogP contribution in [-0.2, 0) is 4.74 Å². The number of carboxylic acid groups (broad SMARTS) is 1. The number of halogens is 1. The lowest BCUT2D eigenvalue weighted by Gasteiger charge is -2.24. The number of rotatable bonds is 2. The average molecular weight is 306 g/mol. The van der Waals surface area contributed by atoms with Crippen LogP contribution in [0.3, 0.4) is 0 Å². The molecule has 1 N–H and O–H groups in total. The van der Waals surface area contributed by atoms with Crippen molar-refractivity contribution < 1.29 is 23.8 Å². The van der Waals surface area contributed by atoms with E-state index >= 15 is 0 Å². The van der Waals surface area contributed by atoms with Gasteiger partial charge in [0.25, 0.3) is 0 Å². The lowest BCUT2D eigenvalue weighted by molar-refractivity contribution is 0.0695. The van der Waals surface area contributed by atoms with E-state index in [2.05, 4.69) is 0 Å². The van der Waals surface area contributed by atoms with Crippen LogP contribution in [0, 0.1) is 12.7 Å². The summed E-state index contributed by atoms with van der Waals surface area (Å²) < 4.78 is 20.1. The molecule has 0 saturated carbocycles. The first kappa shape index (κ1) is 14.1. The van der Waals surface area contributed by atoms with Crippen molar-refractivity contribution in [3.05, 3.63) is 45.6 Å². The molecule has 3 aliphatic rings. The number of amides is 1. The van der Waals surface area contributed by atoms with Crippen molar-refractivity contribution in [2.24, 2.45) is 0 Å². The largest absolute Gasteiger partial charge is 0.478 e. The Balaban J connectivity index is 2.38. The van der Waals surface area contributed by atoms with E-state index in [-0.39, 0.29) is 35.5 Å². The van der Waals surface area contributed by atoms with E-state index in [9.17, 15) is 23.9 Å². The van der Waals surface area contributed by atoms with Crippen molar-refractivity contribution in [2.75, 3.05) is 18.2 Å². The predicted octanol–water partition coefficient (Wildman–Crippen LogP) is 1.19. The third-order valence-electron chi connectivity index (χ3n) is 3.54. The van der Waals surface area contributed by atoms with Gasteiger partial charge in [-0.15, -0.1) is 0 Å². The van der Waals surface area contributed by atoms with Crippen molar-refractivity contribution in [1.82, 2.24) is 4.68 Å². The molecule has 3 rings (SSSR count). The van der Waals surface area contributed by atoms with Crippen LogP contribution in [0.25, 0.3) is 11.1 Å². The van der Waals surface area contributed by atoms with Gasteiger partial charge in [-0.3, -0.25) is 9.47 Å². The molecule has 0 aromatic rings. The van der Waals surface area contributed by atoms with Gasteiger partial charge in [0.05, 0.1) is 17.8 Å². The van der Waals surface area contributed by atoms with Crippen LogP contribution >= 0.6 is 0 Å². The van der Waals surface area contributed by atoms with E-state index in [1.54, 1.807) is 0 Å². The van der Waals surface area contributed by atoms with E-state index in [0.717, 1.165) is 12.1 Å². The van der Waals surface area contributed by atoms with E-state index in [1.807, 2.05) is 0 Å². The number of carbonyl (C=O) groups excluding carboxylic acids is 1. The monoisotopic (exact) mass is 306 g/mol. The third-order valence-corrected chi connectivity index (χ3v) is 3.54. The van der Waals surface area contributed by atoms with Crippen LogP contribution in [0.4, 0.5) is 9.18 Å². The molecule has 8 heteroatoms. The Bertz CT molecular complexity index is 829. The van der Waals surface area contributed by atoms with Crippen molar-refractivity contribution in [2.45, 2.75) is 6.92 Å². The van der Waals surface area contributed by atoms with Gasteiger partial charge in [-0.25, -0.2) is 19.0 Å². The molecule has 1 aliphatic carbocycles. The number of aromatic carboxylic acids is 1. The number of hydrogen-bond acceptors (Lipinski definition) is 4. The van der Waals surface area contributed by atoms with Gasteiger partial charge in [0.1, 0.15) is 12.4 Å². The number of ether oxygens (including phenoxy) is 1. The van der Waals surface area contributed by atoms with Gasteiger partial charge in [-0.2, -0.15) is 0 Å². The summed E-state index contributed by atoms with van der Waals surface area (Å²) in [5.41, 5.74) is -0.705. The zero-order chi connectivity index (χ0) is 16.0. The molecule has 0 atom stereocenters. The highest BCUT2D eigenvalue weighted by Crippen LogP contribution is 2.30. The van der Waals surface area contributed by atoms with Crippen LogP contribution in [0.2, 0.25) is 0 Å². The standard InChI is InChI=1S/C14H11FN2O5/c1-7-12(13(19)20)9-4-8(18)5-11(15)10(9)6-17(7)16-2-3-22-14(16)21/h4-6H,2-3H2,1H3,(H,19,20). The molecular weight excluding hydrogens is 295 g/mol. The molecule has 2 aliphatic heterocycles. The molecule has 0 spiro atoms. The smallest absolute Gasteiger partial charge is 0.429 e. The maximum Gasteiger partial charge on any atom is 0.429 e. The summed E-state index contributed by atoms with van der Waals surface area (Å²) in [6.07, 6.45) is 0.642. The molecule has 0 radical (unpaired) electrons. The first-order valence-electron chi connectivity index (χ1n) is 6.43. The summed E-state index contributed by atoms with van der Waals surface area (Å²) in [6, 6.07) is 1.84. The fourth-order valence-electron chi connectivity index (χ4n) is 2.56. The summed E-state index contributed by atoms with van der Waals surface area (Å²) in [6.45, 7) is 1.85. The van der Waals surface area contributed by atoms with E-state index in [0.29, 0.717) is 0 Å². The van der Waals surface area contributed by atoms with Crippen molar-refractivity contribution in [3.63, 3.8) is 0 Å². The molecule has 1 amide bonds. The zero-order valence-electron chi connectivity index (χ0n) is 11.5. The lowest BCUT2D eigenvalue weighted by Crippen LogP contribution is -2.37. The minimum Gasteiger partial charge on any atom is -0.478 e. The molecule has 0 aromatic heterocycles. The number of pyridine rings is 1. The minimum absolute atomic E-state index is 0.00110. The Morgan fingerprint density at radius 1 is 1.32 bits per heavy atom. The van der Waals surface area contributed by atoms with Gasteiger partial charge in [-0.1, -0.05) is 0 Å².